The van der Waals surface area contributed by atoms with Crippen LogP contribution in [0.15, 0.2) is 47.5 Å². The van der Waals surface area contributed by atoms with Crippen molar-refractivity contribution in [1.82, 2.24) is 29.7 Å². The van der Waals surface area contributed by atoms with E-state index in [1.165, 1.54) is 12.3 Å². The number of fused-ring (bicyclic) bond motifs is 3. The third kappa shape index (κ3) is 4.18. The van der Waals surface area contributed by atoms with Crippen molar-refractivity contribution in [2.45, 2.75) is 25.8 Å². The van der Waals surface area contributed by atoms with Gasteiger partial charge in [-0.2, -0.15) is 0 Å². The molecule has 5 rings (SSSR count). The average Bonchev–Trinajstić information content (AvgIpc) is 3.18. The number of piperidine rings is 1. The zero-order valence-electron chi connectivity index (χ0n) is 19.3. The van der Waals surface area contributed by atoms with Gasteiger partial charge in [0, 0.05) is 23.2 Å². The molecule has 0 bridgehead atoms. The van der Waals surface area contributed by atoms with E-state index < -0.39 is 11.5 Å². The molecule has 1 amide bonds. The maximum atomic E-state index is 12.2. The van der Waals surface area contributed by atoms with Gasteiger partial charge in [0.05, 0.1) is 23.8 Å². The topological polar surface area (TPSA) is 95.9 Å². The van der Waals surface area contributed by atoms with Crippen LogP contribution in [0.1, 0.15) is 40.6 Å². The number of hydrogen-bond acceptors (Lipinski definition) is 5. The van der Waals surface area contributed by atoms with Crippen LogP contribution >= 0.6 is 0 Å². The molecule has 4 aromatic rings. The first kappa shape index (κ1) is 21.9. The molecule has 0 atom stereocenters. The Balaban J connectivity index is 1.43. The van der Waals surface area contributed by atoms with Crippen molar-refractivity contribution in [3.8, 4) is 11.8 Å². The van der Waals surface area contributed by atoms with E-state index in [-0.39, 0.29) is 12.1 Å². The summed E-state index contributed by atoms with van der Waals surface area (Å²) in [5, 5.41) is 3.70. The van der Waals surface area contributed by atoms with Gasteiger partial charge in [-0.15, -0.1) is 0 Å². The van der Waals surface area contributed by atoms with E-state index in [1.807, 2.05) is 24.4 Å². The molecule has 0 radical (unpaired) electrons. The Morgan fingerprint density at radius 3 is 2.85 bits per heavy atom. The van der Waals surface area contributed by atoms with Crippen LogP contribution in [-0.4, -0.2) is 57.0 Å². The van der Waals surface area contributed by atoms with Crippen LogP contribution in [0.5, 0.6) is 0 Å². The number of nitrogens with one attached hydrogen (secondary N) is 2. The molecule has 0 aliphatic carbocycles. The van der Waals surface area contributed by atoms with Gasteiger partial charge in [-0.25, -0.2) is 4.98 Å². The summed E-state index contributed by atoms with van der Waals surface area (Å²) >= 11 is 0. The van der Waals surface area contributed by atoms with Crippen molar-refractivity contribution < 1.29 is 4.79 Å². The lowest BCUT2D eigenvalue weighted by Gasteiger charge is -2.31. The molecule has 1 aliphatic heterocycles. The number of aromatic amines is 1. The fourth-order valence-corrected chi connectivity index (χ4v) is 4.64. The quantitative estimate of drug-likeness (QED) is 0.464. The molecule has 1 aromatic carbocycles. The minimum Gasteiger partial charge on any atom is -0.341 e. The first-order valence-electron chi connectivity index (χ1n) is 11.4. The number of amides is 1. The maximum absolute atomic E-state index is 12.2. The number of H-pyrrole nitrogens is 1. The monoisotopic (exact) mass is 454 g/mol. The number of carbonyl (C=O) groups excluding carboxylic acids is 1. The van der Waals surface area contributed by atoms with Gasteiger partial charge in [-0.1, -0.05) is 11.8 Å². The number of carbonyl (C=O) groups is 1. The second kappa shape index (κ2) is 9.12. The summed E-state index contributed by atoms with van der Waals surface area (Å²) in [7, 11) is 2.17. The Morgan fingerprint density at radius 2 is 2.06 bits per heavy atom. The lowest BCUT2D eigenvalue weighted by molar-refractivity contribution is 0.0957. The van der Waals surface area contributed by atoms with Crippen LogP contribution < -0.4 is 10.9 Å². The molecule has 3 aromatic heterocycles. The number of aromatic nitrogens is 4. The third-order valence-electron chi connectivity index (χ3n) is 6.38. The number of pyridine rings is 2. The summed E-state index contributed by atoms with van der Waals surface area (Å²) in [6.45, 7) is 4.35. The summed E-state index contributed by atoms with van der Waals surface area (Å²) in [4.78, 5) is 38.2. The largest absolute Gasteiger partial charge is 0.341 e. The highest BCUT2D eigenvalue weighted by Crippen LogP contribution is 2.32. The summed E-state index contributed by atoms with van der Waals surface area (Å²) in [6, 6.07) is 9.47. The first-order valence-corrected chi connectivity index (χ1v) is 11.4. The number of aryl methyl sites for hydroxylation is 1. The van der Waals surface area contributed by atoms with E-state index >= 15 is 0 Å². The standard InChI is InChI=1S/C26H26N6O2/c1-17-30-23-16-29-22-8-7-18(5-3-11-27-25(33)20-6-4-12-28-26(20)34)15-21(22)24(23)32(17)19-9-13-31(2)14-10-19/h4,6-8,12,15-16,19H,9-11,13-14H2,1-2H3,(H,27,33)(H,28,34). The van der Waals surface area contributed by atoms with Gasteiger partial charge in [0.15, 0.2) is 0 Å². The van der Waals surface area contributed by atoms with Crippen molar-refractivity contribution in [3.63, 3.8) is 0 Å². The predicted molar refractivity (Wildman–Crippen MR) is 132 cm³/mol. The van der Waals surface area contributed by atoms with Gasteiger partial charge in [0.25, 0.3) is 11.5 Å². The summed E-state index contributed by atoms with van der Waals surface area (Å²) in [5.74, 6) is 6.66. The van der Waals surface area contributed by atoms with Gasteiger partial charge in [-0.05, 0) is 70.2 Å². The van der Waals surface area contributed by atoms with E-state index in [9.17, 15) is 9.59 Å². The second-order valence-electron chi connectivity index (χ2n) is 8.68. The lowest BCUT2D eigenvalue weighted by Crippen LogP contribution is -2.31. The molecular formula is C26H26N6O2. The molecule has 0 saturated carbocycles. The Bertz CT molecular complexity index is 1500. The third-order valence-corrected chi connectivity index (χ3v) is 6.38. The molecule has 172 valence electrons. The number of imidazole rings is 1. The van der Waals surface area contributed by atoms with E-state index in [2.05, 4.69) is 50.6 Å². The van der Waals surface area contributed by atoms with Crippen LogP contribution in [-0.2, 0) is 0 Å². The normalized spacial score (nSPS) is 14.8. The van der Waals surface area contributed by atoms with Gasteiger partial charge in [0.2, 0.25) is 0 Å². The Hall–Kier alpha value is -3.96. The van der Waals surface area contributed by atoms with E-state index in [4.69, 9.17) is 4.98 Å². The van der Waals surface area contributed by atoms with Crippen molar-refractivity contribution in [2.24, 2.45) is 0 Å². The Labute approximate surface area is 197 Å². The van der Waals surface area contributed by atoms with Crippen molar-refractivity contribution >= 4 is 27.8 Å². The molecule has 1 saturated heterocycles. The van der Waals surface area contributed by atoms with Crippen molar-refractivity contribution in [2.75, 3.05) is 26.7 Å². The molecule has 8 nitrogen and oxygen atoms in total. The first-order chi connectivity index (χ1) is 16.5. The van der Waals surface area contributed by atoms with Crippen LogP contribution in [0.2, 0.25) is 0 Å². The summed E-state index contributed by atoms with van der Waals surface area (Å²) < 4.78 is 2.38. The molecule has 0 unspecified atom stereocenters. The fourth-order valence-electron chi connectivity index (χ4n) is 4.64. The predicted octanol–water partition coefficient (Wildman–Crippen LogP) is 2.63. The number of nitrogens with zero attached hydrogens (tertiary/aromatic N) is 4. The summed E-state index contributed by atoms with van der Waals surface area (Å²) in [6.07, 6.45) is 5.53. The highest BCUT2D eigenvalue weighted by Gasteiger charge is 2.23. The maximum Gasteiger partial charge on any atom is 0.260 e. The SMILES string of the molecule is Cc1nc2cnc3ccc(C#CCNC(=O)c4ccc[nH]c4=O)cc3c2n1C1CCN(C)CC1. The smallest absolute Gasteiger partial charge is 0.260 e. The van der Waals surface area contributed by atoms with Gasteiger partial charge in [-0.3, -0.25) is 14.6 Å². The lowest BCUT2D eigenvalue weighted by atomic mass is 10.0. The van der Waals surface area contributed by atoms with Crippen molar-refractivity contribution in [3.05, 3.63) is 70.0 Å². The average molecular weight is 455 g/mol. The molecule has 8 heteroatoms. The molecule has 1 fully saturated rings. The van der Waals surface area contributed by atoms with Crippen molar-refractivity contribution in [1.29, 1.82) is 0 Å². The second-order valence-corrected chi connectivity index (χ2v) is 8.68. The van der Waals surface area contributed by atoms with E-state index in [0.29, 0.717) is 6.04 Å². The van der Waals surface area contributed by atoms with Gasteiger partial charge < -0.3 is 19.8 Å². The zero-order valence-corrected chi connectivity index (χ0v) is 19.3. The van der Waals surface area contributed by atoms with Crippen LogP contribution in [0.4, 0.5) is 0 Å². The van der Waals surface area contributed by atoms with Gasteiger partial charge >= 0.3 is 0 Å². The molecule has 34 heavy (non-hydrogen) atoms. The van der Waals surface area contributed by atoms with E-state index in [1.54, 1.807) is 6.07 Å². The highest BCUT2D eigenvalue weighted by molar-refractivity contribution is 6.03. The van der Waals surface area contributed by atoms with Crippen LogP contribution in [0.25, 0.3) is 21.9 Å². The minimum atomic E-state index is -0.446. The molecule has 1 aliphatic rings. The van der Waals surface area contributed by atoms with Crippen LogP contribution in [0.3, 0.4) is 0 Å². The molecule has 0 spiro atoms. The number of hydrogen-bond donors (Lipinski definition) is 2. The number of likely N-dealkylation sites (tertiary alicyclic amines) is 1. The molecule has 2 N–H and O–H groups in total. The number of benzene rings is 1. The Morgan fingerprint density at radius 1 is 1.24 bits per heavy atom. The minimum absolute atomic E-state index is 0.0704. The fraction of sp³-hybridized carbons (Fsp3) is 0.308. The highest BCUT2D eigenvalue weighted by atomic mass is 16.2. The number of rotatable bonds is 3. The molecular weight excluding hydrogens is 428 g/mol. The van der Waals surface area contributed by atoms with Crippen LogP contribution in [0, 0.1) is 18.8 Å². The summed E-state index contributed by atoms with van der Waals surface area (Å²) in [5.41, 5.74) is 3.40. The van der Waals surface area contributed by atoms with E-state index in [0.717, 1.165) is 59.3 Å². The zero-order chi connectivity index (χ0) is 23.7. The Kier molecular flexibility index (Phi) is 5.86. The van der Waals surface area contributed by atoms with Gasteiger partial charge in [0.1, 0.15) is 16.9 Å². The molecule has 4 heterocycles.